The molecule has 0 fully saturated rings. The number of imidazole rings is 2. The van der Waals surface area contributed by atoms with E-state index in [2.05, 4.69) is 6.92 Å². The van der Waals surface area contributed by atoms with E-state index in [1.807, 2.05) is 58.4 Å². The summed E-state index contributed by atoms with van der Waals surface area (Å²) in [4.78, 5) is 43.6. The molecular weight excluding hydrogens is 494 g/mol. The zero-order chi connectivity index (χ0) is 27.7. The van der Waals surface area contributed by atoms with Gasteiger partial charge in [-0.3, -0.25) is 22.9 Å². The van der Waals surface area contributed by atoms with Crippen LogP contribution in [0.5, 0.6) is 0 Å². The number of hydrogen-bond acceptors (Lipinski definition) is 5. The topological polar surface area (TPSA) is 92.5 Å². The second kappa shape index (κ2) is 10.8. The van der Waals surface area contributed by atoms with Crippen LogP contribution in [0.4, 0.5) is 0 Å². The van der Waals surface area contributed by atoms with Crippen molar-refractivity contribution in [1.29, 1.82) is 0 Å². The number of hydrogen-bond donors (Lipinski definition) is 0. The van der Waals surface area contributed by atoms with Crippen molar-refractivity contribution in [2.24, 2.45) is 14.1 Å². The maximum absolute atomic E-state index is 13.5. The second-order valence-electron chi connectivity index (χ2n) is 9.76. The first kappa shape index (κ1) is 26.2. The molecule has 0 aliphatic heterocycles. The summed E-state index contributed by atoms with van der Waals surface area (Å²) in [6.07, 6.45) is 4.36. The summed E-state index contributed by atoms with van der Waals surface area (Å²) in [5.74, 6) is 0.177. The number of fused-ring (bicyclic) bond motifs is 3. The molecule has 0 aliphatic carbocycles. The van der Waals surface area contributed by atoms with Gasteiger partial charge in [0, 0.05) is 25.3 Å². The average Bonchev–Trinajstić information content (AvgIpc) is 3.49. The van der Waals surface area contributed by atoms with Crippen LogP contribution in [0.1, 0.15) is 55.6 Å². The molecule has 0 amide bonds. The van der Waals surface area contributed by atoms with Crippen molar-refractivity contribution in [3.63, 3.8) is 0 Å². The Labute approximate surface area is 225 Å². The quantitative estimate of drug-likeness (QED) is 0.206. The van der Waals surface area contributed by atoms with E-state index in [1.165, 1.54) is 11.6 Å². The van der Waals surface area contributed by atoms with Crippen LogP contribution in [0, 0.1) is 0 Å². The lowest BCUT2D eigenvalue weighted by Crippen LogP contribution is -2.37. The summed E-state index contributed by atoms with van der Waals surface area (Å²) < 4.78 is 11.8. The molecule has 0 unspecified atom stereocenters. The molecule has 0 aliphatic rings. The fourth-order valence-electron chi connectivity index (χ4n) is 4.97. The monoisotopic (exact) mass is 527 g/mol. The Hall–Kier alpha value is -4.40. The lowest BCUT2D eigenvalue weighted by Gasteiger charge is -2.12. The molecule has 0 saturated heterocycles. The maximum atomic E-state index is 13.5. The zero-order valence-electron chi connectivity index (χ0n) is 22.8. The lowest BCUT2D eigenvalue weighted by molar-refractivity contribution is 0.0499. The summed E-state index contributed by atoms with van der Waals surface area (Å²) in [5.41, 5.74) is 3.98. The first-order valence-corrected chi connectivity index (χ1v) is 13.4. The molecule has 3 heterocycles. The maximum Gasteiger partial charge on any atom is 0.338 e. The van der Waals surface area contributed by atoms with Crippen LogP contribution >= 0.6 is 0 Å². The van der Waals surface area contributed by atoms with Crippen LogP contribution in [0.3, 0.4) is 0 Å². The van der Waals surface area contributed by atoms with E-state index in [4.69, 9.17) is 9.72 Å². The standard InChI is InChI=1S/C30H33N5O4/c1-5-7-14-23-24(20-12-10-9-11-13-20)34(22-17-15-21(16-18-22)28(37)39-19-8-6-2)29-31-26-25(35(23)29)27(36)33(4)30(38)32(26)3/h9-13,15-18H,5-8,14,19H2,1-4H3. The molecule has 9 nitrogen and oxygen atoms in total. The summed E-state index contributed by atoms with van der Waals surface area (Å²) in [5, 5.41) is 0. The first-order chi connectivity index (χ1) is 18.9. The number of benzene rings is 2. The molecule has 9 heteroatoms. The van der Waals surface area contributed by atoms with Gasteiger partial charge in [-0.2, -0.15) is 4.98 Å². The number of ether oxygens (including phenoxy) is 1. The smallest absolute Gasteiger partial charge is 0.338 e. The van der Waals surface area contributed by atoms with Gasteiger partial charge in [0.05, 0.1) is 23.6 Å². The first-order valence-electron chi connectivity index (χ1n) is 13.4. The van der Waals surface area contributed by atoms with Gasteiger partial charge >= 0.3 is 11.7 Å². The van der Waals surface area contributed by atoms with Gasteiger partial charge in [-0.1, -0.05) is 57.0 Å². The average molecular weight is 528 g/mol. The number of aryl methyl sites for hydroxylation is 2. The molecule has 5 aromatic rings. The zero-order valence-corrected chi connectivity index (χ0v) is 22.8. The van der Waals surface area contributed by atoms with E-state index in [0.29, 0.717) is 35.5 Å². The normalized spacial score (nSPS) is 11.5. The fraction of sp³-hybridized carbons (Fsp3) is 0.333. The molecule has 5 rings (SSSR count). The van der Waals surface area contributed by atoms with E-state index < -0.39 is 5.69 Å². The SMILES string of the molecule is CCCCOC(=O)c1ccc(-n2c(-c3ccccc3)c(CCCC)n3c4c(=O)n(C)c(=O)n(C)c4nc23)cc1. The molecule has 0 saturated carbocycles. The Morgan fingerprint density at radius 2 is 1.59 bits per heavy atom. The number of carbonyl (C=O) groups excluding carboxylic acids is 1. The van der Waals surface area contributed by atoms with Crippen LogP contribution in [-0.2, 0) is 25.3 Å². The third-order valence-electron chi connectivity index (χ3n) is 7.11. The molecule has 0 radical (unpaired) electrons. The second-order valence-corrected chi connectivity index (χ2v) is 9.76. The molecule has 0 N–H and O–H groups in total. The van der Waals surface area contributed by atoms with Crippen molar-refractivity contribution in [3.8, 4) is 16.9 Å². The van der Waals surface area contributed by atoms with Crippen LogP contribution in [-0.4, -0.2) is 35.7 Å². The van der Waals surface area contributed by atoms with Gasteiger partial charge in [0.1, 0.15) is 0 Å². The van der Waals surface area contributed by atoms with Gasteiger partial charge in [0.15, 0.2) is 11.2 Å². The van der Waals surface area contributed by atoms with E-state index in [0.717, 1.165) is 52.9 Å². The van der Waals surface area contributed by atoms with Gasteiger partial charge < -0.3 is 4.74 Å². The van der Waals surface area contributed by atoms with Crippen LogP contribution in [0.25, 0.3) is 33.9 Å². The van der Waals surface area contributed by atoms with Gasteiger partial charge in [-0.05, 0) is 43.5 Å². The number of unbranched alkanes of at least 4 members (excludes halogenated alkanes) is 2. The molecule has 0 spiro atoms. The van der Waals surface area contributed by atoms with E-state index in [1.54, 1.807) is 19.2 Å². The Kier molecular flexibility index (Phi) is 7.24. The predicted octanol–water partition coefficient (Wildman–Crippen LogP) is 4.64. The Morgan fingerprint density at radius 1 is 0.897 bits per heavy atom. The Morgan fingerprint density at radius 3 is 2.26 bits per heavy atom. The number of rotatable bonds is 9. The van der Waals surface area contributed by atoms with Gasteiger partial charge in [-0.15, -0.1) is 0 Å². The Balaban J connectivity index is 1.82. The van der Waals surface area contributed by atoms with Crippen LogP contribution in [0.15, 0.2) is 64.2 Å². The highest BCUT2D eigenvalue weighted by Gasteiger charge is 2.26. The summed E-state index contributed by atoms with van der Waals surface area (Å²) in [6, 6.07) is 17.2. The van der Waals surface area contributed by atoms with Crippen LogP contribution in [0.2, 0.25) is 0 Å². The number of nitrogens with zero attached hydrogens (tertiary/aromatic N) is 5. The number of aromatic nitrogens is 5. The predicted molar refractivity (Wildman–Crippen MR) is 152 cm³/mol. The minimum Gasteiger partial charge on any atom is -0.462 e. The molecule has 0 atom stereocenters. The number of carbonyl (C=O) groups is 1. The largest absolute Gasteiger partial charge is 0.462 e. The minimum absolute atomic E-state index is 0.334. The minimum atomic E-state index is -0.427. The summed E-state index contributed by atoms with van der Waals surface area (Å²) >= 11 is 0. The van der Waals surface area contributed by atoms with Gasteiger partial charge in [0.25, 0.3) is 5.56 Å². The molecular formula is C30H33N5O4. The molecule has 202 valence electrons. The van der Waals surface area contributed by atoms with Crippen molar-refractivity contribution >= 4 is 22.9 Å². The summed E-state index contributed by atoms with van der Waals surface area (Å²) in [7, 11) is 3.12. The number of esters is 1. The lowest BCUT2D eigenvalue weighted by atomic mass is 10.1. The third kappa shape index (κ3) is 4.47. The van der Waals surface area contributed by atoms with Gasteiger partial charge in [-0.25, -0.2) is 9.59 Å². The van der Waals surface area contributed by atoms with E-state index in [-0.39, 0.29) is 11.5 Å². The third-order valence-corrected chi connectivity index (χ3v) is 7.11. The highest BCUT2D eigenvalue weighted by molar-refractivity contribution is 5.90. The molecule has 39 heavy (non-hydrogen) atoms. The molecule has 3 aromatic heterocycles. The molecule has 2 aromatic carbocycles. The highest BCUT2D eigenvalue weighted by atomic mass is 16.5. The highest BCUT2D eigenvalue weighted by Crippen LogP contribution is 2.34. The van der Waals surface area contributed by atoms with Crippen molar-refractivity contribution in [2.45, 2.75) is 46.0 Å². The Bertz CT molecular complexity index is 1770. The van der Waals surface area contributed by atoms with Crippen molar-refractivity contribution in [2.75, 3.05) is 6.61 Å². The van der Waals surface area contributed by atoms with Crippen molar-refractivity contribution < 1.29 is 9.53 Å². The van der Waals surface area contributed by atoms with Crippen molar-refractivity contribution in [3.05, 3.63) is 86.7 Å². The molecule has 0 bridgehead atoms. The van der Waals surface area contributed by atoms with Gasteiger partial charge in [0.2, 0.25) is 5.78 Å². The van der Waals surface area contributed by atoms with Crippen molar-refractivity contribution in [1.82, 2.24) is 23.1 Å². The summed E-state index contributed by atoms with van der Waals surface area (Å²) in [6.45, 7) is 4.57. The van der Waals surface area contributed by atoms with E-state index in [9.17, 15) is 14.4 Å². The fourth-order valence-corrected chi connectivity index (χ4v) is 4.97. The van der Waals surface area contributed by atoms with Crippen LogP contribution < -0.4 is 11.2 Å². The van der Waals surface area contributed by atoms with E-state index >= 15 is 0 Å².